The van der Waals surface area contributed by atoms with Gasteiger partial charge in [0.25, 0.3) is 0 Å². The van der Waals surface area contributed by atoms with E-state index in [0.717, 1.165) is 5.56 Å². The Morgan fingerprint density at radius 3 is 2.88 bits per heavy atom. The number of aromatic nitrogens is 1. The number of β-amino-alcohol motifs (C(OH)–C–C–N with tert-alkyl or cyclic N) is 1. The van der Waals surface area contributed by atoms with Crippen LogP contribution in [0.3, 0.4) is 0 Å². The van der Waals surface area contributed by atoms with Gasteiger partial charge in [-0.1, -0.05) is 0 Å². The molecule has 0 amide bonds. The molecule has 1 fully saturated rings. The molecule has 1 aromatic heterocycles. The molecule has 1 saturated heterocycles. The van der Waals surface area contributed by atoms with E-state index in [4.69, 9.17) is 0 Å². The number of ether oxygens (including phenoxy) is 1. The summed E-state index contributed by atoms with van der Waals surface area (Å²) in [5.74, 6) is -0.354. The van der Waals surface area contributed by atoms with Gasteiger partial charge in [0, 0.05) is 32.8 Å². The second-order valence-electron chi connectivity index (χ2n) is 4.34. The molecule has 0 unspecified atom stereocenters. The van der Waals surface area contributed by atoms with Gasteiger partial charge in [0.15, 0.2) is 0 Å². The lowest BCUT2D eigenvalue weighted by molar-refractivity contribution is -0.00903. The van der Waals surface area contributed by atoms with Crippen LogP contribution in [0, 0.1) is 0 Å². The minimum atomic E-state index is -0.658. The van der Waals surface area contributed by atoms with Gasteiger partial charge in [-0.15, -0.1) is 0 Å². The smallest absolute Gasteiger partial charge is 0.354 e. The minimum Gasteiger partial charge on any atom is -0.464 e. The van der Waals surface area contributed by atoms with Gasteiger partial charge < -0.3 is 19.7 Å². The molecule has 2 heterocycles. The van der Waals surface area contributed by atoms with Crippen molar-refractivity contribution in [1.29, 1.82) is 0 Å². The van der Waals surface area contributed by atoms with Crippen LogP contribution in [0.1, 0.15) is 16.1 Å². The van der Waals surface area contributed by atoms with Gasteiger partial charge in [-0.2, -0.15) is 0 Å². The predicted molar refractivity (Wildman–Crippen MR) is 58.3 cm³/mol. The first kappa shape index (κ1) is 11.2. The second kappa shape index (κ2) is 3.92. The zero-order chi connectivity index (χ0) is 11.8. The number of aliphatic hydroxyl groups is 1. The lowest BCUT2D eigenvalue weighted by atomic mass is 9.90. The van der Waals surface area contributed by atoms with Crippen LogP contribution >= 0.6 is 0 Å². The van der Waals surface area contributed by atoms with Crippen LogP contribution in [-0.4, -0.2) is 41.4 Å². The van der Waals surface area contributed by atoms with Gasteiger partial charge in [-0.3, -0.25) is 0 Å². The molecular weight excluding hydrogens is 208 g/mol. The molecule has 0 radical (unpaired) electrons. The van der Waals surface area contributed by atoms with E-state index in [1.54, 1.807) is 17.7 Å². The van der Waals surface area contributed by atoms with Crippen LogP contribution in [0.4, 0.5) is 0 Å². The molecule has 16 heavy (non-hydrogen) atoms. The van der Waals surface area contributed by atoms with Crippen LogP contribution in [-0.2, 0) is 18.2 Å². The predicted octanol–water partition coefficient (Wildman–Crippen LogP) is -0.312. The van der Waals surface area contributed by atoms with Gasteiger partial charge in [0.05, 0.1) is 12.7 Å². The van der Waals surface area contributed by atoms with Crippen LogP contribution in [0.5, 0.6) is 0 Å². The van der Waals surface area contributed by atoms with Crippen molar-refractivity contribution in [3.05, 3.63) is 23.5 Å². The van der Waals surface area contributed by atoms with Crippen molar-refractivity contribution in [3.63, 3.8) is 0 Å². The molecule has 5 heteroatoms. The number of esters is 1. The first-order valence-electron chi connectivity index (χ1n) is 5.21. The maximum Gasteiger partial charge on any atom is 0.354 e. The lowest BCUT2D eigenvalue weighted by Crippen LogP contribution is -2.60. The highest BCUT2D eigenvalue weighted by Gasteiger charge is 2.34. The van der Waals surface area contributed by atoms with Crippen molar-refractivity contribution in [3.8, 4) is 0 Å². The maximum atomic E-state index is 11.4. The fourth-order valence-electron chi connectivity index (χ4n) is 1.96. The molecule has 0 aromatic carbocycles. The summed E-state index contributed by atoms with van der Waals surface area (Å²) in [5.41, 5.74) is 0.801. The first-order chi connectivity index (χ1) is 7.54. The normalized spacial score (nSPS) is 17.9. The molecule has 0 aliphatic carbocycles. The first-order valence-corrected chi connectivity index (χ1v) is 5.21. The number of hydrogen-bond donors (Lipinski definition) is 2. The number of aryl methyl sites for hydroxylation is 1. The van der Waals surface area contributed by atoms with Crippen molar-refractivity contribution in [2.75, 3.05) is 20.2 Å². The van der Waals surface area contributed by atoms with Gasteiger partial charge >= 0.3 is 5.97 Å². The van der Waals surface area contributed by atoms with E-state index in [0.29, 0.717) is 25.2 Å². The maximum absolute atomic E-state index is 11.4. The highest BCUT2D eigenvalue weighted by molar-refractivity contribution is 5.87. The number of carbonyl (C=O) groups excluding carboxylic acids is 1. The molecule has 88 valence electrons. The van der Waals surface area contributed by atoms with Crippen LogP contribution in [0.25, 0.3) is 0 Å². The molecular formula is C11H16N2O3. The molecule has 0 spiro atoms. The summed E-state index contributed by atoms with van der Waals surface area (Å²) in [6.45, 7) is 1.21. The lowest BCUT2D eigenvalue weighted by Gasteiger charge is -2.37. The molecule has 2 rings (SSSR count). The number of rotatable bonds is 3. The van der Waals surface area contributed by atoms with E-state index in [2.05, 4.69) is 10.1 Å². The summed E-state index contributed by atoms with van der Waals surface area (Å²) in [5, 5.41) is 13.0. The topological polar surface area (TPSA) is 63.5 Å². The molecule has 5 nitrogen and oxygen atoms in total. The van der Waals surface area contributed by atoms with Gasteiger partial charge in [0.1, 0.15) is 5.69 Å². The van der Waals surface area contributed by atoms with Crippen LogP contribution in [0.2, 0.25) is 0 Å². The Bertz CT molecular complexity index is 407. The average molecular weight is 224 g/mol. The van der Waals surface area contributed by atoms with E-state index in [1.165, 1.54) is 7.11 Å². The minimum absolute atomic E-state index is 0.354. The molecule has 0 saturated carbocycles. The van der Waals surface area contributed by atoms with Crippen LogP contribution in [0.15, 0.2) is 12.3 Å². The fraction of sp³-hybridized carbons (Fsp3) is 0.545. The third kappa shape index (κ3) is 1.96. The van der Waals surface area contributed by atoms with Crippen molar-refractivity contribution in [1.82, 2.24) is 9.88 Å². The zero-order valence-electron chi connectivity index (χ0n) is 9.49. The Labute approximate surface area is 94.0 Å². The number of nitrogens with zero attached hydrogens (tertiary/aromatic N) is 1. The summed E-state index contributed by atoms with van der Waals surface area (Å²) >= 11 is 0. The molecule has 0 bridgehead atoms. The van der Waals surface area contributed by atoms with E-state index in [1.807, 2.05) is 6.20 Å². The standard InChI is InChI=1S/C11H16N2O3/c1-13-5-8(3-9(13)10(14)16-2)4-11(15)6-12-7-11/h3,5,12,15H,4,6-7H2,1-2H3. The number of methoxy groups -OCH3 is 1. The summed E-state index contributed by atoms with van der Waals surface area (Å²) in [7, 11) is 3.15. The fourth-order valence-corrected chi connectivity index (χ4v) is 1.96. The number of nitrogens with one attached hydrogen (secondary N) is 1. The van der Waals surface area contributed by atoms with Crippen LogP contribution < -0.4 is 5.32 Å². The monoisotopic (exact) mass is 224 g/mol. The Hall–Kier alpha value is -1.33. The quantitative estimate of drug-likeness (QED) is 0.691. The van der Waals surface area contributed by atoms with E-state index < -0.39 is 5.60 Å². The van der Waals surface area contributed by atoms with Crippen molar-refractivity contribution in [2.45, 2.75) is 12.0 Å². The summed E-state index contributed by atoms with van der Waals surface area (Å²) in [4.78, 5) is 11.4. The average Bonchev–Trinajstić information content (AvgIpc) is 2.56. The summed E-state index contributed by atoms with van der Waals surface area (Å²) < 4.78 is 6.39. The highest BCUT2D eigenvalue weighted by Crippen LogP contribution is 2.19. The molecule has 2 N–H and O–H groups in total. The largest absolute Gasteiger partial charge is 0.464 e. The third-order valence-corrected chi connectivity index (χ3v) is 2.90. The van der Waals surface area contributed by atoms with Gasteiger partial charge in [-0.25, -0.2) is 4.79 Å². The van der Waals surface area contributed by atoms with E-state index in [-0.39, 0.29) is 5.97 Å². The highest BCUT2D eigenvalue weighted by atomic mass is 16.5. The van der Waals surface area contributed by atoms with Crippen molar-refractivity contribution < 1.29 is 14.6 Å². The Morgan fingerprint density at radius 2 is 2.38 bits per heavy atom. The van der Waals surface area contributed by atoms with Crippen molar-refractivity contribution in [2.24, 2.45) is 7.05 Å². The molecule has 1 aromatic rings. The molecule has 1 aliphatic heterocycles. The second-order valence-corrected chi connectivity index (χ2v) is 4.34. The SMILES string of the molecule is COC(=O)c1cc(CC2(O)CNC2)cn1C. The number of hydrogen-bond acceptors (Lipinski definition) is 4. The molecule has 0 atom stereocenters. The van der Waals surface area contributed by atoms with Gasteiger partial charge in [0.2, 0.25) is 0 Å². The Morgan fingerprint density at radius 1 is 1.69 bits per heavy atom. The number of carbonyl (C=O) groups is 1. The van der Waals surface area contributed by atoms with Gasteiger partial charge in [-0.05, 0) is 11.6 Å². The zero-order valence-corrected chi connectivity index (χ0v) is 9.49. The van der Waals surface area contributed by atoms with E-state index >= 15 is 0 Å². The molecule has 1 aliphatic rings. The third-order valence-electron chi connectivity index (χ3n) is 2.90. The summed E-state index contributed by atoms with van der Waals surface area (Å²) in [6, 6.07) is 1.77. The Balaban J connectivity index is 2.14. The van der Waals surface area contributed by atoms with Crippen molar-refractivity contribution >= 4 is 5.97 Å². The summed E-state index contributed by atoms with van der Waals surface area (Å²) in [6.07, 6.45) is 2.41. The van der Waals surface area contributed by atoms with E-state index in [9.17, 15) is 9.90 Å². The Kier molecular flexibility index (Phi) is 2.73.